The fourth-order valence-corrected chi connectivity index (χ4v) is 3.31. The number of fused-ring (bicyclic) bond motifs is 1. The summed E-state index contributed by atoms with van der Waals surface area (Å²) in [6.07, 6.45) is 5.77. The summed E-state index contributed by atoms with van der Waals surface area (Å²) in [5.74, 6) is 0.601. The Kier molecular flexibility index (Phi) is 6.52. The summed E-state index contributed by atoms with van der Waals surface area (Å²) in [6.45, 7) is 5.63. The summed E-state index contributed by atoms with van der Waals surface area (Å²) in [7, 11) is 2.18. The highest BCUT2D eigenvalue weighted by molar-refractivity contribution is 5.56. The van der Waals surface area contributed by atoms with Crippen molar-refractivity contribution in [3.05, 3.63) is 29.3 Å². The fraction of sp³-hybridized carbons (Fsp3) is 0.667. The highest BCUT2D eigenvalue weighted by Gasteiger charge is 2.13. The van der Waals surface area contributed by atoms with E-state index in [0.717, 1.165) is 19.5 Å². The molecule has 3 heteroatoms. The molecule has 0 radical (unpaired) electrons. The van der Waals surface area contributed by atoms with E-state index < -0.39 is 0 Å². The van der Waals surface area contributed by atoms with Crippen LogP contribution in [0.3, 0.4) is 0 Å². The lowest BCUT2D eigenvalue weighted by molar-refractivity contribution is 0.248. The molecule has 1 atom stereocenters. The van der Waals surface area contributed by atoms with Crippen LogP contribution < -0.4 is 10.2 Å². The zero-order chi connectivity index (χ0) is 15.1. The van der Waals surface area contributed by atoms with Gasteiger partial charge in [-0.2, -0.15) is 0 Å². The molecule has 118 valence electrons. The summed E-state index contributed by atoms with van der Waals surface area (Å²) in [5.41, 5.74) is 4.26. The van der Waals surface area contributed by atoms with E-state index in [1.807, 2.05) is 0 Å². The molecule has 21 heavy (non-hydrogen) atoms. The number of nitrogens with zero attached hydrogens (tertiary/aromatic N) is 1. The van der Waals surface area contributed by atoms with Crippen molar-refractivity contribution in [3.8, 4) is 0 Å². The standard InChI is InChI=1S/C18H30N2O/c1-3-5-15(9-11-21)13-19-14-16-7-8-18-17(12-16)6-4-10-20(18)2/h7-8,12,15,19,21H,3-6,9-11,13-14H2,1-2H3. The normalized spacial score (nSPS) is 15.9. The second-order valence-electron chi connectivity index (χ2n) is 6.29. The third-order valence-electron chi connectivity index (χ3n) is 4.49. The molecule has 0 aliphatic carbocycles. The topological polar surface area (TPSA) is 35.5 Å². The van der Waals surface area contributed by atoms with E-state index in [4.69, 9.17) is 5.11 Å². The van der Waals surface area contributed by atoms with Gasteiger partial charge in [0.15, 0.2) is 0 Å². The molecule has 0 aromatic heterocycles. The Morgan fingerprint density at radius 2 is 2.19 bits per heavy atom. The lowest BCUT2D eigenvalue weighted by Gasteiger charge is -2.28. The number of hydrogen-bond acceptors (Lipinski definition) is 3. The number of aryl methyl sites for hydroxylation is 1. The lowest BCUT2D eigenvalue weighted by atomic mass is 9.98. The Hall–Kier alpha value is -1.06. The Bertz CT molecular complexity index is 427. The smallest absolute Gasteiger partial charge is 0.0434 e. The van der Waals surface area contributed by atoms with Gasteiger partial charge in [-0.1, -0.05) is 25.5 Å². The third kappa shape index (κ3) is 4.72. The minimum Gasteiger partial charge on any atom is -0.396 e. The van der Waals surface area contributed by atoms with Gasteiger partial charge in [0.2, 0.25) is 0 Å². The van der Waals surface area contributed by atoms with Crippen LogP contribution in [0.1, 0.15) is 43.7 Å². The molecular weight excluding hydrogens is 260 g/mol. The average molecular weight is 290 g/mol. The highest BCUT2D eigenvalue weighted by Crippen LogP contribution is 2.26. The predicted octanol–water partition coefficient (Wildman–Crippen LogP) is 2.96. The van der Waals surface area contributed by atoms with Crippen molar-refractivity contribution in [1.29, 1.82) is 0 Å². The quantitative estimate of drug-likeness (QED) is 0.772. The lowest BCUT2D eigenvalue weighted by Crippen LogP contribution is -2.25. The van der Waals surface area contributed by atoms with Gasteiger partial charge in [-0.3, -0.25) is 0 Å². The fourth-order valence-electron chi connectivity index (χ4n) is 3.31. The number of anilines is 1. The van der Waals surface area contributed by atoms with E-state index in [9.17, 15) is 0 Å². The number of aliphatic hydroxyl groups is 1. The molecule has 0 fully saturated rings. The highest BCUT2D eigenvalue weighted by atomic mass is 16.3. The van der Waals surface area contributed by atoms with Crippen LogP contribution in [0.4, 0.5) is 5.69 Å². The monoisotopic (exact) mass is 290 g/mol. The largest absolute Gasteiger partial charge is 0.396 e. The number of aliphatic hydroxyl groups excluding tert-OH is 1. The van der Waals surface area contributed by atoms with Crippen LogP contribution in [0, 0.1) is 5.92 Å². The molecule has 2 N–H and O–H groups in total. The first-order valence-corrected chi connectivity index (χ1v) is 8.39. The molecular formula is C18H30N2O. The van der Waals surface area contributed by atoms with Gasteiger partial charge in [-0.25, -0.2) is 0 Å². The minimum absolute atomic E-state index is 0.303. The van der Waals surface area contributed by atoms with Crippen LogP contribution in [-0.2, 0) is 13.0 Å². The van der Waals surface area contributed by atoms with Gasteiger partial charge in [0.25, 0.3) is 0 Å². The van der Waals surface area contributed by atoms with Crippen molar-refractivity contribution < 1.29 is 5.11 Å². The molecule has 1 aromatic carbocycles. The van der Waals surface area contributed by atoms with Gasteiger partial charge in [0, 0.05) is 32.4 Å². The van der Waals surface area contributed by atoms with E-state index in [1.165, 1.54) is 49.0 Å². The Labute approximate surface area is 129 Å². The molecule has 1 aliphatic heterocycles. The zero-order valence-corrected chi connectivity index (χ0v) is 13.6. The second kappa shape index (κ2) is 8.40. The van der Waals surface area contributed by atoms with Crippen LogP contribution >= 0.6 is 0 Å². The predicted molar refractivity (Wildman–Crippen MR) is 89.8 cm³/mol. The third-order valence-corrected chi connectivity index (χ3v) is 4.49. The van der Waals surface area contributed by atoms with Crippen molar-refractivity contribution >= 4 is 5.69 Å². The van der Waals surface area contributed by atoms with Crippen molar-refractivity contribution in [2.24, 2.45) is 5.92 Å². The van der Waals surface area contributed by atoms with Crippen molar-refractivity contribution in [2.75, 3.05) is 31.6 Å². The Morgan fingerprint density at radius 3 is 2.95 bits per heavy atom. The maximum absolute atomic E-state index is 9.10. The number of hydrogen-bond donors (Lipinski definition) is 2. The summed E-state index contributed by atoms with van der Waals surface area (Å²) >= 11 is 0. The first kappa shape index (κ1) is 16.3. The van der Waals surface area contributed by atoms with Crippen LogP contribution in [0.25, 0.3) is 0 Å². The summed E-state index contributed by atoms with van der Waals surface area (Å²) in [4.78, 5) is 2.36. The van der Waals surface area contributed by atoms with Crippen molar-refractivity contribution in [3.63, 3.8) is 0 Å². The molecule has 2 rings (SSSR count). The maximum atomic E-state index is 9.10. The molecule has 1 heterocycles. The van der Waals surface area contributed by atoms with Gasteiger partial charge >= 0.3 is 0 Å². The van der Waals surface area contributed by atoms with Crippen LogP contribution in [-0.4, -0.2) is 31.9 Å². The summed E-state index contributed by atoms with van der Waals surface area (Å²) in [5, 5.41) is 12.7. The summed E-state index contributed by atoms with van der Waals surface area (Å²) in [6, 6.07) is 6.87. The van der Waals surface area contributed by atoms with Crippen LogP contribution in [0.5, 0.6) is 0 Å². The molecule has 0 spiro atoms. The first-order valence-electron chi connectivity index (χ1n) is 8.39. The first-order chi connectivity index (χ1) is 10.2. The molecule has 1 aromatic rings. The number of rotatable bonds is 8. The molecule has 0 bridgehead atoms. The minimum atomic E-state index is 0.303. The summed E-state index contributed by atoms with van der Waals surface area (Å²) < 4.78 is 0. The van der Waals surface area contributed by atoms with Crippen molar-refractivity contribution in [1.82, 2.24) is 5.32 Å². The average Bonchev–Trinajstić information content (AvgIpc) is 2.48. The SMILES string of the molecule is CCCC(CCO)CNCc1ccc2c(c1)CCCN2C. The van der Waals surface area contributed by atoms with Gasteiger partial charge in [-0.15, -0.1) is 0 Å². The second-order valence-corrected chi connectivity index (χ2v) is 6.29. The van der Waals surface area contributed by atoms with E-state index in [-0.39, 0.29) is 0 Å². The van der Waals surface area contributed by atoms with Crippen molar-refractivity contribution in [2.45, 2.75) is 45.6 Å². The Morgan fingerprint density at radius 1 is 1.33 bits per heavy atom. The van der Waals surface area contributed by atoms with E-state index in [1.54, 1.807) is 0 Å². The van der Waals surface area contributed by atoms with Gasteiger partial charge in [0.1, 0.15) is 0 Å². The molecule has 3 nitrogen and oxygen atoms in total. The van der Waals surface area contributed by atoms with Crippen LogP contribution in [0.2, 0.25) is 0 Å². The van der Waals surface area contributed by atoms with E-state index in [0.29, 0.717) is 12.5 Å². The van der Waals surface area contributed by atoms with Gasteiger partial charge in [-0.05, 0) is 55.3 Å². The van der Waals surface area contributed by atoms with Gasteiger partial charge < -0.3 is 15.3 Å². The van der Waals surface area contributed by atoms with E-state index in [2.05, 4.69) is 42.4 Å². The molecule has 0 saturated heterocycles. The number of benzene rings is 1. The molecule has 0 amide bonds. The Balaban J connectivity index is 1.86. The molecule has 0 saturated carbocycles. The van der Waals surface area contributed by atoms with Gasteiger partial charge in [0.05, 0.1) is 0 Å². The van der Waals surface area contributed by atoms with Crippen LogP contribution in [0.15, 0.2) is 18.2 Å². The zero-order valence-electron chi connectivity index (χ0n) is 13.6. The number of nitrogens with one attached hydrogen (secondary N) is 1. The van der Waals surface area contributed by atoms with E-state index >= 15 is 0 Å². The molecule has 1 unspecified atom stereocenters. The maximum Gasteiger partial charge on any atom is 0.0434 e. The molecule has 1 aliphatic rings.